The standard InChI is InChI=1S/C22H25NO/c23-16-18-5-9-20(10-6-18)22-13-11-21(12-14-22)19-7-3-17(4-8-19)2-1-15-24/h5-6,9-14,17,19,24H,1-4,7-8,15H2/t17-,19-. The fraction of sp³-hybridized carbons (Fsp3) is 0.409. The van der Waals surface area contributed by atoms with Gasteiger partial charge in [0.2, 0.25) is 0 Å². The molecular weight excluding hydrogens is 294 g/mol. The van der Waals surface area contributed by atoms with E-state index >= 15 is 0 Å². The Balaban J connectivity index is 1.61. The molecule has 1 saturated carbocycles. The summed E-state index contributed by atoms with van der Waals surface area (Å²) >= 11 is 0. The molecule has 1 aliphatic rings. The number of hydrogen-bond acceptors (Lipinski definition) is 2. The number of rotatable bonds is 5. The van der Waals surface area contributed by atoms with Crippen molar-refractivity contribution >= 4 is 0 Å². The Hall–Kier alpha value is -2.11. The van der Waals surface area contributed by atoms with Crippen LogP contribution in [0.3, 0.4) is 0 Å². The number of benzene rings is 2. The first-order valence-electron chi connectivity index (χ1n) is 9.01. The lowest BCUT2D eigenvalue weighted by Crippen LogP contribution is -2.13. The van der Waals surface area contributed by atoms with Gasteiger partial charge < -0.3 is 5.11 Å². The van der Waals surface area contributed by atoms with E-state index in [1.165, 1.54) is 43.2 Å². The molecule has 1 aliphatic carbocycles. The molecule has 0 heterocycles. The largest absolute Gasteiger partial charge is 0.396 e. The Morgan fingerprint density at radius 3 is 2.00 bits per heavy atom. The van der Waals surface area contributed by atoms with E-state index in [4.69, 9.17) is 10.4 Å². The summed E-state index contributed by atoms with van der Waals surface area (Å²) in [6.07, 6.45) is 7.26. The van der Waals surface area contributed by atoms with Crippen LogP contribution in [0.25, 0.3) is 11.1 Å². The molecule has 1 fully saturated rings. The molecule has 24 heavy (non-hydrogen) atoms. The van der Waals surface area contributed by atoms with Crippen LogP contribution < -0.4 is 0 Å². The summed E-state index contributed by atoms with van der Waals surface area (Å²) in [7, 11) is 0. The molecular formula is C22H25NO. The van der Waals surface area contributed by atoms with Crippen LogP contribution in [-0.2, 0) is 0 Å². The van der Waals surface area contributed by atoms with Crippen LogP contribution in [0.4, 0.5) is 0 Å². The smallest absolute Gasteiger partial charge is 0.0991 e. The van der Waals surface area contributed by atoms with Crippen LogP contribution in [0.1, 0.15) is 55.6 Å². The zero-order valence-electron chi connectivity index (χ0n) is 14.1. The Morgan fingerprint density at radius 2 is 1.46 bits per heavy atom. The zero-order chi connectivity index (χ0) is 16.8. The van der Waals surface area contributed by atoms with Gasteiger partial charge in [-0.05, 0) is 79.2 Å². The number of aliphatic hydroxyl groups excluding tert-OH is 1. The predicted octanol–water partition coefficient (Wildman–Crippen LogP) is 5.27. The molecule has 2 heteroatoms. The van der Waals surface area contributed by atoms with Gasteiger partial charge in [-0.3, -0.25) is 0 Å². The molecule has 0 aliphatic heterocycles. The third kappa shape index (κ3) is 4.04. The van der Waals surface area contributed by atoms with E-state index in [0.717, 1.165) is 17.9 Å². The summed E-state index contributed by atoms with van der Waals surface area (Å²) in [5, 5.41) is 17.8. The second-order valence-electron chi connectivity index (χ2n) is 6.89. The maximum Gasteiger partial charge on any atom is 0.0991 e. The van der Waals surface area contributed by atoms with Gasteiger partial charge in [-0.25, -0.2) is 0 Å². The Kier molecular flexibility index (Phi) is 5.67. The number of nitriles is 1. The van der Waals surface area contributed by atoms with Crippen LogP contribution >= 0.6 is 0 Å². The summed E-state index contributed by atoms with van der Waals surface area (Å²) in [4.78, 5) is 0. The lowest BCUT2D eigenvalue weighted by molar-refractivity contribution is 0.246. The molecule has 0 unspecified atom stereocenters. The van der Waals surface area contributed by atoms with E-state index in [2.05, 4.69) is 30.3 Å². The minimum absolute atomic E-state index is 0.330. The highest BCUT2D eigenvalue weighted by atomic mass is 16.2. The highest BCUT2D eigenvalue weighted by Crippen LogP contribution is 2.38. The van der Waals surface area contributed by atoms with Crippen molar-refractivity contribution in [2.24, 2.45) is 5.92 Å². The van der Waals surface area contributed by atoms with Crippen molar-refractivity contribution < 1.29 is 5.11 Å². The van der Waals surface area contributed by atoms with Crippen molar-refractivity contribution in [3.8, 4) is 17.2 Å². The van der Waals surface area contributed by atoms with Crippen LogP contribution in [0.2, 0.25) is 0 Å². The molecule has 2 nitrogen and oxygen atoms in total. The first-order valence-corrected chi connectivity index (χ1v) is 9.01. The molecule has 0 saturated heterocycles. The van der Waals surface area contributed by atoms with Gasteiger partial charge in [-0.2, -0.15) is 5.26 Å². The van der Waals surface area contributed by atoms with Gasteiger partial charge >= 0.3 is 0 Å². The van der Waals surface area contributed by atoms with Crippen molar-refractivity contribution in [3.05, 3.63) is 59.7 Å². The third-order valence-corrected chi connectivity index (χ3v) is 5.35. The predicted molar refractivity (Wildman–Crippen MR) is 97.6 cm³/mol. The Morgan fingerprint density at radius 1 is 0.875 bits per heavy atom. The summed E-state index contributed by atoms with van der Waals surface area (Å²) < 4.78 is 0. The molecule has 3 rings (SSSR count). The van der Waals surface area contributed by atoms with Crippen molar-refractivity contribution in [1.82, 2.24) is 0 Å². The van der Waals surface area contributed by atoms with Crippen molar-refractivity contribution in [1.29, 1.82) is 5.26 Å². The highest BCUT2D eigenvalue weighted by molar-refractivity contribution is 5.64. The summed E-state index contributed by atoms with van der Waals surface area (Å²) in [5.41, 5.74) is 4.52. The number of aliphatic hydroxyl groups is 1. The van der Waals surface area contributed by atoms with Gasteiger partial charge in [0, 0.05) is 6.61 Å². The lowest BCUT2D eigenvalue weighted by Gasteiger charge is -2.28. The first kappa shape index (κ1) is 16.7. The van der Waals surface area contributed by atoms with Gasteiger partial charge in [0.1, 0.15) is 0 Å². The minimum Gasteiger partial charge on any atom is -0.396 e. The lowest BCUT2D eigenvalue weighted by atomic mass is 9.77. The molecule has 124 valence electrons. The van der Waals surface area contributed by atoms with Crippen molar-refractivity contribution in [3.63, 3.8) is 0 Å². The third-order valence-electron chi connectivity index (χ3n) is 5.35. The van der Waals surface area contributed by atoms with E-state index in [9.17, 15) is 0 Å². The van der Waals surface area contributed by atoms with E-state index in [1.54, 1.807) is 0 Å². The molecule has 0 atom stereocenters. The normalized spacial score (nSPS) is 20.5. The number of hydrogen-bond donors (Lipinski definition) is 1. The van der Waals surface area contributed by atoms with Crippen LogP contribution in [-0.4, -0.2) is 11.7 Å². The summed E-state index contributed by atoms with van der Waals surface area (Å²) in [5.74, 6) is 1.50. The Labute approximate surface area is 144 Å². The molecule has 0 aromatic heterocycles. The van der Waals surface area contributed by atoms with E-state index in [1.807, 2.05) is 24.3 Å². The van der Waals surface area contributed by atoms with Crippen LogP contribution in [0, 0.1) is 17.2 Å². The second kappa shape index (κ2) is 8.13. The van der Waals surface area contributed by atoms with Crippen LogP contribution in [0.15, 0.2) is 48.5 Å². The quantitative estimate of drug-likeness (QED) is 0.815. The van der Waals surface area contributed by atoms with Crippen molar-refractivity contribution in [2.45, 2.75) is 44.4 Å². The van der Waals surface area contributed by atoms with Gasteiger partial charge in [0.15, 0.2) is 0 Å². The van der Waals surface area contributed by atoms with Gasteiger partial charge in [0.25, 0.3) is 0 Å². The topological polar surface area (TPSA) is 44.0 Å². The van der Waals surface area contributed by atoms with Gasteiger partial charge in [-0.15, -0.1) is 0 Å². The summed E-state index contributed by atoms with van der Waals surface area (Å²) in [6, 6.07) is 18.9. The fourth-order valence-corrected chi connectivity index (χ4v) is 3.85. The average Bonchev–Trinajstić information content (AvgIpc) is 2.67. The van der Waals surface area contributed by atoms with E-state index in [0.29, 0.717) is 18.1 Å². The SMILES string of the molecule is N#Cc1ccc(-c2ccc([C@H]3CC[C@H](CCCO)CC3)cc2)cc1. The molecule has 1 N–H and O–H groups in total. The number of nitrogens with zero attached hydrogens (tertiary/aromatic N) is 1. The molecule has 0 radical (unpaired) electrons. The Bertz CT molecular complexity index is 673. The average molecular weight is 319 g/mol. The molecule has 0 amide bonds. The van der Waals surface area contributed by atoms with E-state index in [-0.39, 0.29) is 0 Å². The van der Waals surface area contributed by atoms with Crippen molar-refractivity contribution in [2.75, 3.05) is 6.61 Å². The fourth-order valence-electron chi connectivity index (χ4n) is 3.85. The maximum absolute atomic E-state index is 8.96. The zero-order valence-corrected chi connectivity index (χ0v) is 14.1. The first-order chi connectivity index (χ1) is 11.8. The summed E-state index contributed by atoms with van der Waals surface area (Å²) in [6.45, 7) is 0.330. The maximum atomic E-state index is 8.96. The molecule has 2 aromatic carbocycles. The monoisotopic (exact) mass is 319 g/mol. The minimum atomic E-state index is 0.330. The van der Waals surface area contributed by atoms with Gasteiger partial charge in [-0.1, -0.05) is 36.4 Å². The van der Waals surface area contributed by atoms with E-state index < -0.39 is 0 Å². The van der Waals surface area contributed by atoms with Gasteiger partial charge in [0.05, 0.1) is 11.6 Å². The molecule has 2 aromatic rings. The second-order valence-corrected chi connectivity index (χ2v) is 6.89. The highest BCUT2D eigenvalue weighted by Gasteiger charge is 2.21. The molecule has 0 spiro atoms. The van der Waals surface area contributed by atoms with Crippen LogP contribution in [0.5, 0.6) is 0 Å². The molecule has 0 bridgehead atoms.